The number of hydrogen-bond acceptors (Lipinski definition) is 3. The van der Waals surface area contributed by atoms with Crippen LogP contribution in [-0.4, -0.2) is 23.4 Å². The zero-order chi connectivity index (χ0) is 15.2. The number of likely N-dealkylation sites (N-methyl/N-ethyl adjacent to an activating group) is 1. The van der Waals surface area contributed by atoms with E-state index in [1.54, 1.807) is 6.20 Å². The SMILES string of the molecule is CCOC(c1ccccc1)C(NC)c1c(Cl)cnn1CC. The second kappa shape index (κ2) is 7.59. The van der Waals surface area contributed by atoms with Gasteiger partial charge in [-0.2, -0.15) is 5.10 Å². The Morgan fingerprint density at radius 2 is 2.00 bits per heavy atom. The highest BCUT2D eigenvalue weighted by atomic mass is 35.5. The summed E-state index contributed by atoms with van der Waals surface area (Å²) < 4.78 is 7.91. The molecule has 0 spiro atoms. The van der Waals surface area contributed by atoms with E-state index in [-0.39, 0.29) is 12.1 Å². The molecule has 0 fully saturated rings. The predicted octanol–water partition coefficient (Wildman–Crippen LogP) is 3.59. The van der Waals surface area contributed by atoms with Crippen LogP contribution >= 0.6 is 11.6 Å². The van der Waals surface area contributed by atoms with Gasteiger partial charge >= 0.3 is 0 Å². The molecule has 0 aliphatic heterocycles. The van der Waals surface area contributed by atoms with Crippen LogP contribution in [-0.2, 0) is 11.3 Å². The molecule has 0 amide bonds. The van der Waals surface area contributed by atoms with Gasteiger partial charge in [-0.05, 0) is 26.5 Å². The zero-order valence-corrected chi connectivity index (χ0v) is 13.5. The Morgan fingerprint density at radius 1 is 1.29 bits per heavy atom. The van der Waals surface area contributed by atoms with E-state index in [9.17, 15) is 0 Å². The molecule has 114 valence electrons. The normalized spacial score (nSPS) is 14.1. The summed E-state index contributed by atoms with van der Waals surface area (Å²) in [6.45, 7) is 5.46. The third-order valence-corrected chi connectivity index (χ3v) is 3.81. The van der Waals surface area contributed by atoms with Crippen LogP contribution in [0.4, 0.5) is 0 Å². The molecule has 0 radical (unpaired) electrons. The van der Waals surface area contributed by atoms with E-state index in [0.29, 0.717) is 11.6 Å². The van der Waals surface area contributed by atoms with Gasteiger partial charge in [-0.1, -0.05) is 41.9 Å². The molecule has 2 unspecified atom stereocenters. The van der Waals surface area contributed by atoms with Gasteiger partial charge < -0.3 is 10.1 Å². The number of nitrogens with zero attached hydrogens (tertiary/aromatic N) is 2. The predicted molar refractivity (Wildman–Crippen MR) is 85.5 cm³/mol. The van der Waals surface area contributed by atoms with Crippen molar-refractivity contribution >= 4 is 11.6 Å². The lowest BCUT2D eigenvalue weighted by molar-refractivity contribution is 0.0324. The van der Waals surface area contributed by atoms with Crippen LogP contribution in [0.25, 0.3) is 0 Å². The summed E-state index contributed by atoms with van der Waals surface area (Å²) >= 11 is 6.35. The summed E-state index contributed by atoms with van der Waals surface area (Å²) in [7, 11) is 1.92. The molecule has 2 rings (SSSR count). The molecule has 5 heteroatoms. The third kappa shape index (κ3) is 3.46. The van der Waals surface area contributed by atoms with Gasteiger partial charge in [0.15, 0.2) is 0 Å². The van der Waals surface area contributed by atoms with Gasteiger partial charge in [0.05, 0.1) is 23.0 Å². The Hall–Kier alpha value is -1.36. The Labute approximate surface area is 131 Å². The van der Waals surface area contributed by atoms with Crippen LogP contribution in [0.15, 0.2) is 36.5 Å². The number of halogens is 1. The van der Waals surface area contributed by atoms with Crippen molar-refractivity contribution in [2.45, 2.75) is 32.5 Å². The Morgan fingerprint density at radius 3 is 2.57 bits per heavy atom. The first-order chi connectivity index (χ1) is 10.2. The number of benzene rings is 1. The van der Waals surface area contributed by atoms with Crippen LogP contribution in [0.5, 0.6) is 0 Å². The summed E-state index contributed by atoms with van der Waals surface area (Å²) in [6.07, 6.45) is 1.58. The molecule has 2 atom stereocenters. The van der Waals surface area contributed by atoms with Crippen molar-refractivity contribution in [3.8, 4) is 0 Å². The van der Waals surface area contributed by atoms with Crippen LogP contribution in [0.3, 0.4) is 0 Å². The van der Waals surface area contributed by atoms with Gasteiger partial charge in [0.25, 0.3) is 0 Å². The van der Waals surface area contributed by atoms with E-state index in [2.05, 4.69) is 29.5 Å². The number of ether oxygens (including phenoxy) is 1. The second-order valence-corrected chi connectivity index (χ2v) is 5.15. The zero-order valence-electron chi connectivity index (χ0n) is 12.7. The fraction of sp³-hybridized carbons (Fsp3) is 0.438. The summed E-state index contributed by atoms with van der Waals surface area (Å²) in [4.78, 5) is 0. The standard InChI is InChI=1S/C16H22ClN3O/c1-4-20-15(13(17)11-19-20)14(18-3)16(21-5-2)12-9-7-6-8-10-12/h6-11,14,16,18H,4-5H2,1-3H3. The highest BCUT2D eigenvalue weighted by Gasteiger charge is 2.28. The minimum atomic E-state index is -0.110. The van der Waals surface area contributed by atoms with Crippen molar-refractivity contribution in [1.82, 2.24) is 15.1 Å². The van der Waals surface area contributed by atoms with Gasteiger partial charge in [0.1, 0.15) is 6.10 Å². The van der Waals surface area contributed by atoms with Crippen LogP contribution in [0.2, 0.25) is 5.02 Å². The maximum absolute atomic E-state index is 6.35. The Bertz CT molecular complexity index is 556. The average molecular weight is 308 g/mol. The quantitative estimate of drug-likeness (QED) is 0.849. The largest absolute Gasteiger partial charge is 0.372 e. The maximum Gasteiger partial charge on any atom is 0.103 e. The molecule has 1 N–H and O–H groups in total. The number of nitrogens with one attached hydrogen (secondary N) is 1. The molecule has 0 aliphatic rings. The van der Waals surface area contributed by atoms with E-state index in [1.165, 1.54) is 0 Å². The molecular formula is C16H22ClN3O. The summed E-state index contributed by atoms with van der Waals surface area (Å²) in [5.41, 5.74) is 2.09. The van der Waals surface area contributed by atoms with Crippen LogP contribution < -0.4 is 5.32 Å². The molecule has 2 aromatic rings. The van der Waals surface area contributed by atoms with Gasteiger partial charge in [-0.15, -0.1) is 0 Å². The van der Waals surface area contributed by atoms with Crippen molar-refractivity contribution in [2.24, 2.45) is 0 Å². The fourth-order valence-corrected chi connectivity index (χ4v) is 2.83. The fourth-order valence-electron chi connectivity index (χ4n) is 2.57. The second-order valence-electron chi connectivity index (χ2n) is 4.75. The summed E-state index contributed by atoms with van der Waals surface area (Å²) in [6, 6.07) is 10.1. The number of rotatable bonds is 7. The Kier molecular flexibility index (Phi) is 5.79. The van der Waals surface area contributed by atoms with E-state index in [0.717, 1.165) is 17.8 Å². The third-order valence-electron chi connectivity index (χ3n) is 3.52. The smallest absolute Gasteiger partial charge is 0.103 e. The van der Waals surface area contributed by atoms with Gasteiger partial charge in [-0.25, -0.2) is 0 Å². The molecule has 21 heavy (non-hydrogen) atoms. The average Bonchev–Trinajstić information content (AvgIpc) is 2.89. The van der Waals surface area contributed by atoms with Crippen molar-refractivity contribution in [3.05, 3.63) is 52.8 Å². The molecule has 4 nitrogen and oxygen atoms in total. The molecule has 0 aliphatic carbocycles. The highest BCUT2D eigenvalue weighted by Crippen LogP contribution is 2.35. The number of hydrogen-bond donors (Lipinski definition) is 1. The number of aromatic nitrogens is 2. The van der Waals surface area contributed by atoms with E-state index in [4.69, 9.17) is 16.3 Å². The molecule has 1 heterocycles. The maximum atomic E-state index is 6.35. The topological polar surface area (TPSA) is 39.1 Å². The van der Waals surface area contributed by atoms with Crippen molar-refractivity contribution < 1.29 is 4.74 Å². The van der Waals surface area contributed by atoms with Crippen molar-refractivity contribution in [1.29, 1.82) is 0 Å². The van der Waals surface area contributed by atoms with Crippen LogP contribution in [0, 0.1) is 0 Å². The molecule has 1 aromatic heterocycles. The molecule has 0 bridgehead atoms. The highest BCUT2D eigenvalue weighted by molar-refractivity contribution is 6.31. The van der Waals surface area contributed by atoms with Gasteiger partial charge in [-0.3, -0.25) is 4.68 Å². The Balaban J connectivity index is 2.43. The van der Waals surface area contributed by atoms with Crippen molar-refractivity contribution in [3.63, 3.8) is 0 Å². The first kappa shape index (κ1) is 16.0. The van der Waals surface area contributed by atoms with Gasteiger partial charge in [0.2, 0.25) is 0 Å². The molecular weight excluding hydrogens is 286 g/mol. The lowest BCUT2D eigenvalue weighted by atomic mass is 9.99. The molecule has 0 saturated carbocycles. The lowest BCUT2D eigenvalue weighted by Crippen LogP contribution is -2.28. The van der Waals surface area contributed by atoms with E-state index < -0.39 is 0 Å². The minimum Gasteiger partial charge on any atom is -0.372 e. The minimum absolute atomic E-state index is 0.0534. The summed E-state index contributed by atoms with van der Waals surface area (Å²) in [5, 5.41) is 8.33. The van der Waals surface area contributed by atoms with E-state index >= 15 is 0 Å². The monoisotopic (exact) mass is 307 g/mol. The first-order valence-electron chi connectivity index (χ1n) is 7.27. The van der Waals surface area contributed by atoms with Crippen LogP contribution in [0.1, 0.15) is 37.3 Å². The molecule has 1 aromatic carbocycles. The first-order valence-corrected chi connectivity index (χ1v) is 7.65. The van der Waals surface area contributed by atoms with Gasteiger partial charge in [0, 0.05) is 13.2 Å². The van der Waals surface area contributed by atoms with E-state index in [1.807, 2.05) is 36.9 Å². The van der Waals surface area contributed by atoms with Crippen molar-refractivity contribution in [2.75, 3.05) is 13.7 Å². The lowest BCUT2D eigenvalue weighted by Gasteiger charge is -2.28. The number of aryl methyl sites for hydroxylation is 1. The molecule has 0 saturated heterocycles. The summed E-state index contributed by atoms with van der Waals surface area (Å²) in [5.74, 6) is 0.